The number of benzene rings is 2. The van der Waals surface area contributed by atoms with E-state index in [-0.39, 0.29) is 11.7 Å². The lowest BCUT2D eigenvalue weighted by Crippen LogP contribution is -2.34. The summed E-state index contributed by atoms with van der Waals surface area (Å²) in [4.78, 5) is 25.7. The number of carbonyl (C=O) groups is 2. The highest BCUT2D eigenvalue weighted by Gasteiger charge is 2.25. The van der Waals surface area contributed by atoms with Crippen LogP contribution in [0.5, 0.6) is 0 Å². The summed E-state index contributed by atoms with van der Waals surface area (Å²) in [6.45, 7) is 0.298. The summed E-state index contributed by atoms with van der Waals surface area (Å²) < 4.78 is 13.3. The highest BCUT2D eigenvalue weighted by molar-refractivity contribution is 8.00. The molecule has 0 spiro atoms. The van der Waals surface area contributed by atoms with Crippen molar-refractivity contribution in [1.29, 1.82) is 0 Å². The molecule has 1 heterocycles. The van der Waals surface area contributed by atoms with E-state index in [1.54, 1.807) is 29.2 Å². The van der Waals surface area contributed by atoms with Crippen molar-refractivity contribution in [3.05, 3.63) is 59.4 Å². The predicted octanol–water partition coefficient (Wildman–Crippen LogP) is 3.28. The molecule has 0 aliphatic carbocycles. The summed E-state index contributed by atoms with van der Waals surface area (Å²) in [5.41, 5.74) is 1.95. The maximum atomic E-state index is 13.3. The van der Waals surface area contributed by atoms with Crippen LogP contribution in [-0.4, -0.2) is 17.9 Å². The molecule has 0 bridgehead atoms. The number of hydrogen-bond acceptors (Lipinski definition) is 3. The molecule has 1 amide bonds. The zero-order valence-corrected chi connectivity index (χ0v) is 11.9. The number of amides is 1. The van der Waals surface area contributed by atoms with Gasteiger partial charge in [0.05, 0.1) is 18.0 Å². The van der Waals surface area contributed by atoms with Gasteiger partial charge in [-0.05, 0) is 29.8 Å². The first-order valence-corrected chi connectivity index (χ1v) is 7.43. The van der Waals surface area contributed by atoms with Crippen LogP contribution in [0, 0.1) is 5.82 Å². The Morgan fingerprint density at radius 1 is 1.24 bits per heavy atom. The van der Waals surface area contributed by atoms with Crippen molar-refractivity contribution in [2.24, 2.45) is 0 Å². The fraction of sp³-hybridized carbons (Fsp3) is 0.125. The molecule has 0 fully saturated rings. The van der Waals surface area contributed by atoms with Gasteiger partial charge < -0.3 is 4.90 Å². The van der Waals surface area contributed by atoms with Crippen LogP contribution in [0.15, 0.2) is 47.4 Å². The number of carbonyl (C=O) groups excluding carboxylic acids is 2. The Balaban J connectivity index is 1.98. The van der Waals surface area contributed by atoms with Crippen LogP contribution in [-0.2, 0) is 11.3 Å². The molecule has 0 saturated heterocycles. The Labute approximate surface area is 125 Å². The van der Waals surface area contributed by atoms with Gasteiger partial charge in [-0.3, -0.25) is 9.59 Å². The molecular weight excluding hydrogens is 289 g/mol. The fourth-order valence-corrected chi connectivity index (χ4v) is 3.20. The van der Waals surface area contributed by atoms with Crippen LogP contribution in [0.4, 0.5) is 10.1 Å². The molecule has 1 aliphatic rings. The Hall–Kier alpha value is -2.14. The molecule has 3 nitrogen and oxygen atoms in total. The maximum Gasteiger partial charge on any atom is 0.237 e. The van der Waals surface area contributed by atoms with E-state index in [1.807, 2.05) is 6.07 Å². The van der Waals surface area contributed by atoms with Crippen molar-refractivity contribution in [3.8, 4) is 0 Å². The van der Waals surface area contributed by atoms with Crippen molar-refractivity contribution in [3.63, 3.8) is 0 Å². The van der Waals surface area contributed by atoms with Crippen LogP contribution >= 0.6 is 11.8 Å². The topological polar surface area (TPSA) is 37.4 Å². The number of thioether (sulfide) groups is 1. The quantitative estimate of drug-likeness (QED) is 0.817. The third-order valence-electron chi connectivity index (χ3n) is 3.29. The van der Waals surface area contributed by atoms with Gasteiger partial charge in [0.1, 0.15) is 12.1 Å². The zero-order valence-electron chi connectivity index (χ0n) is 11.1. The number of halogens is 1. The minimum absolute atomic E-state index is 0.0418. The molecular formula is C16H12FNO2S. The van der Waals surface area contributed by atoms with E-state index >= 15 is 0 Å². The SMILES string of the molecule is O=Cc1ccc2c(c1)N(Cc1cccc(F)c1)C(=O)CS2. The number of anilines is 1. The van der Waals surface area contributed by atoms with E-state index < -0.39 is 0 Å². The molecule has 5 heteroatoms. The second-order valence-electron chi connectivity index (χ2n) is 4.74. The van der Waals surface area contributed by atoms with Gasteiger partial charge >= 0.3 is 0 Å². The van der Waals surface area contributed by atoms with Crippen LogP contribution in [0.1, 0.15) is 15.9 Å². The van der Waals surface area contributed by atoms with Gasteiger partial charge in [-0.25, -0.2) is 4.39 Å². The molecule has 0 saturated carbocycles. The lowest BCUT2D eigenvalue weighted by atomic mass is 10.1. The van der Waals surface area contributed by atoms with E-state index in [9.17, 15) is 14.0 Å². The first-order chi connectivity index (χ1) is 10.2. The second-order valence-corrected chi connectivity index (χ2v) is 5.76. The molecule has 0 atom stereocenters. The molecule has 0 radical (unpaired) electrons. The molecule has 106 valence electrons. The summed E-state index contributed by atoms with van der Waals surface area (Å²) in [7, 11) is 0. The summed E-state index contributed by atoms with van der Waals surface area (Å²) in [6, 6.07) is 11.5. The molecule has 2 aromatic rings. The Kier molecular flexibility index (Phi) is 3.75. The number of aldehydes is 1. The Morgan fingerprint density at radius 2 is 2.10 bits per heavy atom. The normalized spacial score (nSPS) is 14.0. The van der Waals surface area contributed by atoms with Crippen LogP contribution in [0.2, 0.25) is 0 Å². The van der Waals surface area contributed by atoms with Crippen molar-refractivity contribution < 1.29 is 14.0 Å². The van der Waals surface area contributed by atoms with Crippen molar-refractivity contribution in [2.75, 3.05) is 10.7 Å². The second kappa shape index (κ2) is 5.69. The maximum absolute atomic E-state index is 13.3. The van der Waals surface area contributed by atoms with E-state index in [1.165, 1.54) is 23.9 Å². The van der Waals surface area contributed by atoms with Gasteiger partial charge in [0.25, 0.3) is 0 Å². The van der Waals surface area contributed by atoms with E-state index in [0.29, 0.717) is 23.5 Å². The molecule has 1 aliphatic heterocycles. The average molecular weight is 301 g/mol. The van der Waals surface area contributed by atoms with Crippen LogP contribution in [0.3, 0.4) is 0 Å². The van der Waals surface area contributed by atoms with E-state index in [0.717, 1.165) is 16.7 Å². The number of hydrogen-bond donors (Lipinski definition) is 0. The van der Waals surface area contributed by atoms with Gasteiger partial charge in [0.15, 0.2) is 0 Å². The average Bonchev–Trinajstić information content (AvgIpc) is 2.50. The minimum atomic E-state index is -0.326. The molecule has 0 unspecified atom stereocenters. The summed E-state index contributed by atoms with van der Waals surface area (Å²) in [5, 5.41) is 0. The van der Waals surface area contributed by atoms with Crippen molar-refractivity contribution in [1.82, 2.24) is 0 Å². The molecule has 2 aromatic carbocycles. The lowest BCUT2D eigenvalue weighted by Gasteiger charge is -2.29. The summed E-state index contributed by atoms with van der Waals surface area (Å²) in [6.07, 6.45) is 0.754. The van der Waals surface area contributed by atoms with Gasteiger partial charge in [0, 0.05) is 10.5 Å². The Bertz CT molecular complexity index is 717. The van der Waals surface area contributed by atoms with Crippen molar-refractivity contribution in [2.45, 2.75) is 11.4 Å². The Morgan fingerprint density at radius 3 is 2.86 bits per heavy atom. The molecule has 21 heavy (non-hydrogen) atoms. The zero-order chi connectivity index (χ0) is 14.8. The third kappa shape index (κ3) is 2.83. The first-order valence-electron chi connectivity index (χ1n) is 6.44. The van der Waals surface area contributed by atoms with Gasteiger partial charge in [-0.15, -0.1) is 11.8 Å². The van der Waals surface area contributed by atoms with Gasteiger partial charge in [0.2, 0.25) is 5.91 Å². The highest BCUT2D eigenvalue weighted by atomic mass is 32.2. The van der Waals surface area contributed by atoms with Crippen LogP contribution < -0.4 is 4.90 Å². The lowest BCUT2D eigenvalue weighted by molar-refractivity contribution is -0.116. The van der Waals surface area contributed by atoms with Crippen molar-refractivity contribution >= 4 is 29.6 Å². The van der Waals surface area contributed by atoms with Gasteiger partial charge in [-0.1, -0.05) is 18.2 Å². The fourth-order valence-electron chi connectivity index (χ4n) is 2.28. The standard InChI is InChI=1S/C16H12FNO2S/c17-13-3-1-2-11(6-13)8-18-14-7-12(9-19)4-5-15(14)21-10-16(18)20/h1-7,9H,8,10H2. The molecule has 3 rings (SSSR count). The number of nitrogens with zero attached hydrogens (tertiary/aromatic N) is 1. The summed E-state index contributed by atoms with van der Waals surface area (Å²) >= 11 is 1.45. The number of fused-ring (bicyclic) bond motifs is 1. The third-order valence-corrected chi connectivity index (χ3v) is 4.34. The molecule has 0 aromatic heterocycles. The first kappa shape index (κ1) is 13.8. The highest BCUT2D eigenvalue weighted by Crippen LogP contribution is 2.36. The predicted molar refractivity (Wildman–Crippen MR) is 80.1 cm³/mol. The van der Waals surface area contributed by atoms with E-state index in [2.05, 4.69) is 0 Å². The summed E-state index contributed by atoms with van der Waals surface area (Å²) in [5.74, 6) is -0.0176. The number of rotatable bonds is 3. The monoisotopic (exact) mass is 301 g/mol. The van der Waals surface area contributed by atoms with Gasteiger partial charge in [-0.2, -0.15) is 0 Å². The van der Waals surface area contributed by atoms with Crippen LogP contribution in [0.25, 0.3) is 0 Å². The van der Waals surface area contributed by atoms with E-state index in [4.69, 9.17) is 0 Å². The molecule has 0 N–H and O–H groups in total. The smallest absolute Gasteiger partial charge is 0.237 e. The minimum Gasteiger partial charge on any atom is -0.306 e. The largest absolute Gasteiger partial charge is 0.306 e.